The maximum absolute atomic E-state index is 13.5. The largest absolute Gasteiger partial charge is 0.376 e. The average molecular weight is 469 g/mol. The first kappa shape index (κ1) is 22.5. The zero-order chi connectivity index (χ0) is 22.7. The molecule has 3 heterocycles. The summed E-state index contributed by atoms with van der Waals surface area (Å²) in [5.74, 6) is -0.0802. The van der Waals surface area contributed by atoms with Gasteiger partial charge < -0.3 is 10.1 Å². The summed E-state index contributed by atoms with van der Waals surface area (Å²) in [6.07, 6.45) is 2.67. The lowest BCUT2D eigenvalue weighted by atomic mass is 10.1. The van der Waals surface area contributed by atoms with Crippen molar-refractivity contribution >= 4 is 44.9 Å². The van der Waals surface area contributed by atoms with E-state index in [1.807, 2.05) is 6.92 Å². The van der Waals surface area contributed by atoms with E-state index in [9.17, 15) is 9.59 Å². The number of benzene rings is 1. The normalized spacial score (nSPS) is 15.7. The third kappa shape index (κ3) is 4.72. The molecule has 1 atom stereocenters. The number of nitriles is 1. The Morgan fingerprint density at radius 1 is 1.41 bits per heavy atom. The molecule has 7 nitrogen and oxygen atoms in total. The Morgan fingerprint density at radius 3 is 2.84 bits per heavy atom. The van der Waals surface area contributed by atoms with Crippen LogP contribution >= 0.6 is 23.1 Å². The average Bonchev–Trinajstić information content (AvgIpc) is 3.42. The molecular formula is C23H24N4O3S2. The molecule has 166 valence electrons. The summed E-state index contributed by atoms with van der Waals surface area (Å²) in [6.45, 7) is 5.23. The van der Waals surface area contributed by atoms with Crippen molar-refractivity contribution in [3.8, 4) is 6.07 Å². The molecule has 1 aliphatic heterocycles. The number of carbonyl (C=O) groups excluding carboxylic acids is 1. The van der Waals surface area contributed by atoms with Gasteiger partial charge in [-0.05, 0) is 56.0 Å². The fourth-order valence-corrected chi connectivity index (χ4v) is 5.84. The number of thiophene rings is 1. The Hall–Kier alpha value is -2.67. The van der Waals surface area contributed by atoms with Gasteiger partial charge in [-0.25, -0.2) is 4.98 Å². The maximum Gasteiger partial charge on any atom is 0.263 e. The number of fused-ring (bicyclic) bond motifs is 1. The van der Waals surface area contributed by atoms with Crippen LogP contribution in [0.25, 0.3) is 10.2 Å². The van der Waals surface area contributed by atoms with Gasteiger partial charge in [0.25, 0.3) is 5.56 Å². The third-order valence-electron chi connectivity index (χ3n) is 5.47. The van der Waals surface area contributed by atoms with E-state index in [0.29, 0.717) is 34.9 Å². The smallest absolute Gasteiger partial charge is 0.263 e. The number of ether oxygens (including phenoxy) is 1. The number of nitrogens with zero attached hydrogens (tertiary/aromatic N) is 3. The number of hydrogen-bond acceptors (Lipinski definition) is 7. The van der Waals surface area contributed by atoms with E-state index < -0.39 is 0 Å². The maximum atomic E-state index is 13.5. The van der Waals surface area contributed by atoms with Crippen LogP contribution in [0.3, 0.4) is 0 Å². The van der Waals surface area contributed by atoms with Gasteiger partial charge in [0.1, 0.15) is 4.83 Å². The lowest BCUT2D eigenvalue weighted by molar-refractivity contribution is -0.113. The molecule has 0 radical (unpaired) electrons. The van der Waals surface area contributed by atoms with Gasteiger partial charge in [0.2, 0.25) is 5.91 Å². The molecule has 1 unspecified atom stereocenters. The van der Waals surface area contributed by atoms with Crippen LogP contribution in [-0.4, -0.2) is 33.9 Å². The van der Waals surface area contributed by atoms with Crippen molar-refractivity contribution in [1.29, 1.82) is 5.26 Å². The second-order valence-electron chi connectivity index (χ2n) is 7.64. The number of carbonyl (C=O) groups is 1. The molecular weight excluding hydrogens is 444 g/mol. The van der Waals surface area contributed by atoms with Gasteiger partial charge in [-0.1, -0.05) is 18.7 Å². The Balaban J connectivity index is 1.59. The lowest BCUT2D eigenvalue weighted by Crippen LogP contribution is -2.29. The molecule has 1 amide bonds. The molecule has 1 N–H and O–H groups in total. The van der Waals surface area contributed by atoms with Crippen LogP contribution in [0, 0.1) is 18.3 Å². The van der Waals surface area contributed by atoms with E-state index in [0.717, 1.165) is 34.5 Å². The molecule has 2 aromatic heterocycles. The summed E-state index contributed by atoms with van der Waals surface area (Å²) < 4.78 is 7.45. The molecule has 1 fully saturated rings. The Kier molecular flexibility index (Phi) is 6.94. The summed E-state index contributed by atoms with van der Waals surface area (Å²) in [5, 5.41) is 13.0. The summed E-state index contributed by atoms with van der Waals surface area (Å²) in [6, 6.07) is 8.75. The molecule has 0 spiro atoms. The fraction of sp³-hybridized carbons (Fsp3) is 0.391. The predicted molar refractivity (Wildman–Crippen MR) is 127 cm³/mol. The number of anilines is 1. The van der Waals surface area contributed by atoms with E-state index >= 15 is 0 Å². The minimum absolute atomic E-state index is 0.0106. The molecule has 3 aromatic rings. The third-order valence-corrected chi connectivity index (χ3v) is 7.49. The first-order valence-corrected chi connectivity index (χ1v) is 12.4. The minimum Gasteiger partial charge on any atom is -0.376 e. The van der Waals surface area contributed by atoms with Gasteiger partial charge in [0.15, 0.2) is 5.16 Å². The Morgan fingerprint density at radius 2 is 2.19 bits per heavy atom. The second kappa shape index (κ2) is 9.86. The first-order chi connectivity index (χ1) is 15.5. The fourth-order valence-electron chi connectivity index (χ4n) is 3.88. The van der Waals surface area contributed by atoms with Gasteiger partial charge in [-0.15, -0.1) is 11.3 Å². The van der Waals surface area contributed by atoms with Crippen molar-refractivity contribution in [1.82, 2.24) is 9.55 Å². The van der Waals surface area contributed by atoms with Crippen molar-refractivity contribution in [2.75, 3.05) is 17.7 Å². The topological polar surface area (TPSA) is 97.0 Å². The van der Waals surface area contributed by atoms with Gasteiger partial charge in [-0.3, -0.25) is 14.2 Å². The standard InChI is InChI=1S/C23H24N4O3S2/c1-3-18-14(2)32-21-20(18)22(29)27(12-17-5-4-10-30-17)23(26-21)31-13-19(28)25-16-8-6-15(11-24)7-9-16/h6-9,17H,3-5,10,12-13H2,1-2H3,(H,25,28). The molecule has 1 aliphatic rings. The van der Waals surface area contributed by atoms with E-state index in [2.05, 4.69) is 18.3 Å². The van der Waals surface area contributed by atoms with Crippen molar-refractivity contribution in [2.45, 2.75) is 50.9 Å². The van der Waals surface area contributed by atoms with Crippen molar-refractivity contribution in [2.24, 2.45) is 0 Å². The number of amides is 1. The van der Waals surface area contributed by atoms with Crippen LogP contribution in [0.1, 0.15) is 35.8 Å². The molecule has 4 rings (SSSR count). The monoisotopic (exact) mass is 468 g/mol. The molecule has 0 bridgehead atoms. The highest BCUT2D eigenvalue weighted by atomic mass is 32.2. The molecule has 0 saturated carbocycles. The van der Waals surface area contributed by atoms with Crippen LogP contribution in [0.15, 0.2) is 34.2 Å². The second-order valence-corrected chi connectivity index (χ2v) is 9.79. The van der Waals surface area contributed by atoms with Gasteiger partial charge >= 0.3 is 0 Å². The molecule has 9 heteroatoms. The Labute approximate surface area is 194 Å². The van der Waals surface area contributed by atoms with Crippen LogP contribution in [0.5, 0.6) is 0 Å². The first-order valence-electron chi connectivity index (χ1n) is 10.6. The zero-order valence-electron chi connectivity index (χ0n) is 18.0. The van der Waals surface area contributed by atoms with E-state index in [1.165, 1.54) is 23.1 Å². The summed E-state index contributed by atoms with van der Waals surface area (Å²) in [4.78, 5) is 32.6. The van der Waals surface area contributed by atoms with Gasteiger partial charge in [-0.2, -0.15) is 5.26 Å². The number of aromatic nitrogens is 2. The minimum atomic E-state index is -0.200. The summed E-state index contributed by atoms with van der Waals surface area (Å²) >= 11 is 2.78. The number of nitrogens with one attached hydrogen (secondary N) is 1. The van der Waals surface area contributed by atoms with Crippen LogP contribution in [-0.2, 0) is 22.5 Å². The highest BCUT2D eigenvalue weighted by molar-refractivity contribution is 7.99. The molecule has 0 aliphatic carbocycles. The summed E-state index contributed by atoms with van der Waals surface area (Å²) in [7, 11) is 0. The number of aryl methyl sites for hydroxylation is 2. The Bertz CT molecular complexity index is 1240. The highest BCUT2D eigenvalue weighted by Crippen LogP contribution is 2.30. The van der Waals surface area contributed by atoms with Gasteiger partial charge in [0.05, 0.1) is 35.4 Å². The SMILES string of the molecule is CCc1c(C)sc2nc(SCC(=O)Nc3ccc(C#N)cc3)n(CC3CCCO3)c(=O)c12. The molecule has 1 aromatic carbocycles. The van der Waals surface area contributed by atoms with Crippen molar-refractivity contribution in [3.05, 3.63) is 50.6 Å². The number of thioether (sulfide) groups is 1. The lowest BCUT2D eigenvalue weighted by Gasteiger charge is -2.16. The van der Waals surface area contributed by atoms with E-state index in [-0.39, 0.29) is 23.3 Å². The highest BCUT2D eigenvalue weighted by Gasteiger charge is 2.23. The van der Waals surface area contributed by atoms with Crippen molar-refractivity contribution in [3.63, 3.8) is 0 Å². The number of rotatable bonds is 7. The van der Waals surface area contributed by atoms with E-state index in [1.54, 1.807) is 28.8 Å². The molecule has 1 saturated heterocycles. The quantitative estimate of drug-likeness (QED) is 0.414. The van der Waals surface area contributed by atoms with Crippen LogP contribution < -0.4 is 10.9 Å². The van der Waals surface area contributed by atoms with E-state index in [4.69, 9.17) is 15.0 Å². The predicted octanol–water partition coefficient (Wildman–Crippen LogP) is 4.11. The summed E-state index contributed by atoms with van der Waals surface area (Å²) in [5.41, 5.74) is 2.15. The van der Waals surface area contributed by atoms with Gasteiger partial charge in [0, 0.05) is 17.2 Å². The number of hydrogen-bond donors (Lipinski definition) is 1. The van der Waals surface area contributed by atoms with Crippen LogP contribution in [0.2, 0.25) is 0 Å². The zero-order valence-corrected chi connectivity index (χ0v) is 19.6. The molecule has 32 heavy (non-hydrogen) atoms. The van der Waals surface area contributed by atoms with Crippen LogP contribution in [0.4, 0.5) is 5.69 Å². The van der Waals surface area contributed by atoms with Crippen molar-refractivity contribution < 1.29 is 9.53 Å².